The van der Waals surface area contributed by atoms with Crippen molar-refractivity contribution >= 4 is 21.9 Å². The summed E-state index contributed by atoms with van der Waals surface area (Å²) in [5.74, 6) is -0.926. The molecule has 0 aromatic heterocycles. The second kappa shape index (κ2) is 6.39. The van der Waals surface area contributed by atoms with Crippen molar-refractivity contribution < 1.29 is 18.7 Å². The summed E-state index contributed by atoms with van der Waals surface area (Å²) < 4.78 is 23.6. The van der Waals surface area contributed by atoms with Gasteiger partial charge in [-0.2, -0.15) is 0 Å². The first-order chi connectivity index (χ1) is 8.43. The van der Waals surface area contributed by atoms with Crippen molar-refractivity contribution in [2.75, 3.05) is 21.2 Å². The predicted molar refractivity (Wildman–Crippen MR) is 68.5 cm³/mol. The van der Waals surface area contributed by atoms with Crippen LogP contribution in [0, 0.1) is 5.82 Å². The fourth-order valence-electron chi connectivity index (χ4n) is 1.13. The summed E-state index contributed by atoms with van der Waals surface area (Å²) in [6, 6.07) is 3.95. The Labute approximate surface area is 113 Å². The highest BCUT2D eigenvalue weighted by atomic mass is 79.9. The zero-order chi connectivity index (χ0) is 13.7. The van der Waals surface area contributed by atoms with E-state index >= 15 is 0 Å². The number of methoxy groups -OCH3 is 1. The van der Waals surface area contributed by atoms with Crippen LogP contribution in [0.1, 0.15) is 0 Å². The summed E-state index contributed by atoms with van der Waals surface area (Å²) in [5, 5.41) is 0. The van der Waals surface area contributed by atoms with Crippen LogP contribution in [0.5, 0.6) is 5.75 Å². The molecule has 6 heteroatoms. The smallest absolute Gasteiger partial charge is 0.375 e. The van der Waals surface area contributed by atoms with Crippen LogP contribution in [0.15, 0.2) is 34.6 Å². The maximum Gasteiger partial charge on any atom is 0.375 e. The van der Waals surface area contributed by atoms with E-state index < -0.39 is 11.8 Å². The standard InChI is InChI=1S/C12H13BrFNO3/c1-15(2)7-11(12(16)17-3)18-10-6-8(14)4-5-9(10)13/h4-7H,1-3H3/b11-7-. The Morgan fingerprint density at radius 3 is 2.67 bits per heavy atom. The van der Waals surface area contributed by atoms with Crippen LogP contribution in [0.4, 0.5) is 4.39 Å². The highest BCUT2D eigenvalue weighted by Crippen LogP contribution is 2.27. The number of hydrogen-bond acceptors (Lipinski definition) is 4. The van der Waals surface area contributed by atoms with Crippen LogP contribution in [0.3, 0.4) is 0 Å². The molecule has 0 heterocycles. The van der Waals surface area contributed by atoms with Gasteiger partial charge in [-0.25, -0.2) is 9.18 Å². The van der Waals surface area contributed by atoms with Crippen molar-refractivity contribution in [2.24, 2.45) is 0 Å². The Morgan fingerprint density at radius 1 is 1.44 bits per heavy atom. The highest BCUT2D eigenvalue weighted by molar-refractivity contribution is 9.10. The summed E-state index contributed by atoms with van der Waals surface area (Å²) in [4.78, 5) is 13.1. The number of carbonyl (C=O) groups is 1. The quantitative estimate of drug-likeness (QED) is 0.486. The van der Waals surface area contributed by atoms with Gasteiger partial charge in [-0.3, -0.25) is 0 Å². The van der Waals surface area contributed by atoms with Gasteiger partial charge in [0.05, 0.1) is 11.6 Å². The number of nitrogens with zero attached hydrogens (tertiary/aromatic N) is 1. The minimum absolute atomic E-state index is 0.0335. The van der Waals surface area contributed by atoms with Crippen molar-refractivity contribution in [1.82, 2.24) is 4.90 Å². The summed E-state index contributed by atoms with van der Waals surface area (Å²) >= 11 is 3.21. The molecule has 0 bridgehead atoms. The zero-order valence-electron chi connectivity index (χ0n) is 10.2. The van der Waals surface area contributed by atoms with Crippen LogP contribution in [0.25, 0.3) is 0 Å². The molecule has 0 N–H and O–H groups in total. The molecule has 0 aliphatic rings. The Kier molecular flexibility index (Phi) is 5.15. The van der Waals surface area contributed by atoms with Gasteiger partial charge in [0.15, 0.2) is 0 Å². The normalized spacial score (nSPS) is 11.1. The Balaban J connectivity index is 3.03. The molecule has 1 rings (SSSR count). The maximum absolute atomic E-state index is 13.1. The van der Waals surface area contributed by atoms with Crippen LogP contribution < -0.4 is 4.74 Å². The minimum Gasteiger partial charge on any atom is -0.463 e. The van der Waals surface area contributed by atoms with E-state index in [1.54, 1.807) is 19.0 Å². The highest BCUT2D eigenvalue weighted by Gasteiger charge is 2.15. The van der Waals surface area contributed by atoms with E-state index in [4.69, 9.17) is 4.74 Å². The topological polar surface area (TPSA) is 38.8 Å². The molecule has 0 aliphatic heterocycles. The van der Waals surface area contributed by atoms with Gasteiger partial charge in [-0.05, 0) is 28.1 Å². The molecule has 0 amide bonds. The molecule has 0 atom stereocenters. The lowest BCUT2D eigenvalue weighted by atomic mass is 10.3. The van der Waals surface area contributed by atoms with Crippen LogP contribution >= 0.6 is 15.9 Å². The molecule has 0 spiro atoms. The predicted octanol–water partition coefficient (Wildman–Crippen LogP) is 2.54. The maximum atomic E-state index is 13.1. The fourth-order valence-corrected chi connectivity index (χ4v) is 1.46. The van der Waals surface area contributed by atoms with Gasteiger partial charge in [0.1, 0.15) is 11.6 Å². The SMILES string of the molecule is COC(=O)/C(=C/N(C)C)Oc1cc(F)ccc1Br. The molecule has 0 fully saturated rings. The molecule has 98 valence electrons. The fraction of sp³-hybridized carbons (Fsp3) is 0.250. The second-order valence-electron chi connectivity index (χ2n) is 3.63. The molecule has 1 aromatic carbocycles. The zero-order valence-corrected chi connectivity index (χ0v) is 11.8. The van der Waals surface area contributed by atoms with Crippen molar-refractivity contribution in [3.63, 3.8) is 0 Å². The lowest BCUT2D eigenvalue weighted by Gasteiger charge is -2.12. The molecule has 0 aliphatic carbocycles. The Hall–Kier alpha value is -1.56. The lowest BCUT2D eigenvalue weighted by molar-refractivity contribution is -0.138. The van der Waals surface area contributed by atoms with E-state index in [1.165, 1.54) is 31.5 Å². The lowest BCUT2D eigenvalue weighted by Crippen LogP contribution is -2.15. The number of ether oxygens (including phenoxy) is 2. The minimum atomic E-state index is -0.639. The molecule has 1 aromatic rings. The summed E-state index contributed by atoms with van der Waals surface area (Å²) in [5.41, 5.74) is 0. The first kappa shape index (κ1) is 14.5. The summed E-state index contributed by atoms with van der Waals surface area (Å²) in [6.07, 6.45) is 1.45. The van der Waals surface area contributed by atoms with E-state index in [0.29, 0.717) is 4.47 Å². The van der Waals surface area contributed by atoms with Crippen LogP contribution in [-0.2, 0) is 9.53 Å². The molecule has 4 nitrogen and oxygen atoms in total. The number of halogens is 2. The van der Waals surface area contributed by atoms with E-state index in [1.807, 2.05) is 0 Å². The van der Waals surface area contributed by atoms with Crippen molar-refractivity contribution in [3.8, 4) is 5.75 Å². The summed E-state index contributed by atoms with van der Waals surface area (Å²) in [6.45, 7) is 0. The number of hydrogen-bond donors (Lipinski definition) is 0. The van der Waals surface area contributed by atoms with Crippen molar-refractivity contribution in [2.45, 2.75) is 0 Å². The van der Waals surface area contributed by atoms with E-state index in [-0.39, 0.29) is 11.5 Å². The molecule has 0 saturated carbocycles. The second-order valence-corrected chi connectivity index (χ2v) is 4.48. The van der Waals surface area contributed by atoms with Gasteiger partial charge >= 0.3 is 5.97 Å². The van der Waals surface area contributed by atoms with Crippen LogP contribution in [0.2, 0.25) is 0 Å². The third-order valence-corrected chi connectivity index (χ3v) is 2.53. The monoisotopic (exact) mass is 317 g/mol. The molecular weight excluding hydrogens is 305 g/mol. The van der Waals surface area contributed by atoms with E-state index in [0.717, 1.165) is 0 Å². The van der Waals surface area contributed by atoms with Gasteiger partial charge in [0.25, 0.3) is 0 Å². The first-order valence-electron chi connectivity index (χ1n) is 5.03. The Bertz CT molecular complexity index is 474. The number of benzene rings is 1. The number of carbonyl (C=O) groups excluding carboxylic acids is 1. The third-order valence-electron chi connectivity index (χ3n) is 1.88. The van der Waals surface area contributed by atoms with Crippen molar-refractivity contribution in [1.29, 1.82) is 0 Å². The average Bonchev–Trinajstić information content (AvgIpc) is 2.31. The first-order valence-corrected chi connectivity index (χ1v) is 5.83. The van der Waals surface area contributed by atoms with E-state index in [2.05, 4.69) is 20.7 Å². The molecule has 0 saturated heterocycles. The molecular formula is C12H13BrFNO3. The third kappa shape index (κ3) is 4.03. The van der Waals surface area contributed by atoms with Crippen molar-refractivity contribution in [3.05, 3.63) is 40.4 Å². The van der Waals surface area contributed by atoms with Gasteiger partial charge in [0.2, 0.25) is 5.76 Å². The van der Waals surface area contributed by atoms with Gasteiger partial charge in [-0.15, -0.1) is 0 Å². The Morgan fingerprint density at radius 2 is 2.11 bits per heavy atom. The van der Waals surface area contributed by atoms with E-state index in [9.17, 15) is 9.18 Å². The van der Waals surface area contributed by atoms with Gasteiger partial charge in [-0.1, -0.05) is 0 Å². The average molecular weight is 318 g/mol. The molecule has 0 radical (unpaired) electrons. The number of rotatable bonds is 4. The summed E-state index contributed by atoms with van der Waals surface area (Å²) in [7, 11) is 4.70. The van der Waals surface area contributed by atoms with Gasteiger partial charge in [0, 0.05) is 26.4 Å². The van der Waals surface area contributed by atoms with Gasteiger partial charge < -0.3 is 14.4 Å². The molecule has 18 heavy (non-hydrogen) atoms. The number of esters is 1. The molecule has 0 unspecified atom stereocenters. The van der Waals surface area contributed by atoms with Crippen LogP contribution in [-0.4, -0.2) is 32.1 Å². The largest absolute Gasteiger partial charge is 0.463 e.